The Balaban J connectivity index is 2.07. The second-order valence-corrected chi connectivity index (χ2v) is 3.91. The number of carbonyl (C=O) groups is 1. The molecule has 1 aromatic heterocycles. The third-order valence-corrected chi connectivity index (χ3v) is 2.54. The minimum absolute atomic E-state index is 0.118. The molecule has 1 heterocycles. The first-order chi connectivity index (χ1) is 9.10. The second kappa shape index (κ2) is 5.56. The molecule has 0 amide bonds. The van der Waals surface area contributed by atoms with Crippen molar-refractivity contribution in [1.29, 1.82) is 0 Å². The molecule has 4 nitrogen and oxygen atoms in total. The summed E-state index contributed by atoms with van der Waals surface area (Å²) < 4.78 is 28.2. The number of hydrogen-bond donors (Lipinski definition) is 0. The molecule has 0 N–H and O–H groups in total. The zero-order valence-corrected chi connectivity index (χ0v) is 10.6. The maximum absolute atomic E-state index is 12.8. The van der Waals surface area contributed by atoms with Crippen LogP contribution in [0.4, 0.5) is 4.39 Å². The Bertz CT molecular complexity index is 559. The van der Waals surface area contributed by atoms with E-state index in [0.29, 0.717) is 11.5 Å². The molecule has 19 heavy (non-hydrogen) atoms. The lowest BCUT2D eigenvalue weighted by molar-refractivity contribution is 0.0558. The molecule has 1 atom stereocenters. The minimum Gasteiger partial charge on any atom is -0.483 e. The van der Waals surface area contributed by atoms with Crippen LogP contribution >= 0.6 is 0 Å². The van der Waals surface area contributed by atoms with Gasteiger partial charge in [-0.05, 0) is 43.3 Å². The van der Waals surface area contributed by atoms with Gasteiger partial charge in [-0.2, -0.15) is 0 Å². The van der Waals surface area contributed by atoms with Crippen molar-refractivity contribution in [2.24, 2.45) is 0 Å². The normalized spacial score (nSPS) is 11.9. The van der Waals surface area contributed by atoms with Crippen molar-refractivity contribution in [2.45, 2.75) is 13.0 Å². The van der Waals surface area contributed by atoms with E-state index in [1.54, 1.807) is 13.0 Å². The Kier molecular flexibility index (Phi) is 3.85. The Morgan fingerprint density at radius 2 is 1.89 bits per heavy atom. The first-order valence-electron chi connectivity index (χ1n) is 5.70. The van der Waals surface area contributed by atoms with Crippen LogP contribution < -0.4 is 4.74 Å². The highest BCUT2D eigenvalue weighted by Gasteiger charge is 2.16. The van der Waals surface area contributed by atoms with Crippen LogP contribution in [0, 0.1) is 5.82 Å². The lowest BCUT2D eigenvalue weighted by Crippen LogP contribution is -2.02. The molecule has 0 bridgehead atoms. The number of benzene rings is 1. The number of carbonyl (C=O) groups excluding carboxylic acids is 1. The highest BCUT2D eigenvalue weighted by molar-refractivity contribution is 5.86. The average Bonchev–Trinajstić information content (AvgIpc) is 2.90. The number of halogens is 1. The van der Waals surface area contributed by atoms with E-state index in [-0.39, 0.29) is 11.6 Å². The smallest absolute Gasteiger partial charge is 0.373 e. The summed E-state index contributed by atoms with van der Waals surface area (Å²) >= 11 is 0. The van der Waals surface area contributed by atoms with E-state index in [2.05, 4.69) is 4.74 Å². The van der Waals surface area contributed by atoms with Crippen molar-refractivity contribution < 1.29 is 23.1 Å². The summed E-state index contributed by atoms with van der Waals surface area (Å²) in [5.74, 6) is 0.257. The van der Waals surface area contributed by atoms with E-state index in [1.807, 2.05) is 0 Å². The van der Waals surface area contributed by atoms with Gasteiger partial charge in [0, 0.05) is 0 Å². The first-order valence-corrected chi connectivity index (χ1v) is 5.70. The lowest BCUT2D eigenvalue weighted by atomic mass is 10.3. The fourth-order valence-corrected chi connectivity index (χ4v) is 1.56. The molecule has 0 saturated heterocycles. The van der Waals surface area contributed by atoms with Gasteiger partial charge in [0.15, 0.2) is 6.10 Å². The molecule has 0 aliphatic rings. The molecular formula is C14H13FO4. The lowest BCUT2D eigenvalue weighted by Gasteiger charge is -2.12. The van der Waals surface area contributed by atoms with Crippen molar-refractivity contribution >= 4 is 5.97 Å². The van der Waals surface area contributed by atoms with Crippen LogP contribution in [0.2, 0.25) is 0 Å². The van der Waals surface area contributed by atoms with E-state index in [1.165, 1.54) is 37.4 Å². The molecule has 2 aromatic rings. The molecule has 100 valence electrons. The van der Waals surface area contributed by atoms with Gasteiger partial charge in [0.25, 0.3) is 0 Å². The quantitative estimate of drug-likeness (QED) is 0.794. The summed E-state index contributed by atoms with van der Waals surface area (Å²) in [6, 6.07) is 8.83. The predicted molar refractivity (Wildman–Crippen MR) is 65.5 cm³/mol. The summed E-state index contributed by atoms with van der Waals surface area (Å²) in [6.07, 6.45) is -0.399. The van der Waals surface area contributed by atoms with Crippen LogP contribution in [0.5, 0.6) is 5.75 Å². The number of esters is 1. The molecule has 0 spiro atoms. The monoisotopic (exact) mass is 264 g/mol. The van der Waals surface area contributed by atoms with Gasteiger partial charge in [-0.1, -0.05) is 0 Å². The average molecular weight is 264 g/mol. The molecule has 2 rings (SSSR count). The highest BCUT2D eigenvalue weighted by Crippen LogP contribution is 2.23. The van der Waals surface area contributed by atoms with Crippen LogP contribution in [0.15, 0.2) is 40.8 Å². The van der Waals surface area contributed by atoms with Crippen LogP contribution in [0.25, 0.3) is 0 Å². The fraction of sp³-hybridized carbons (Fsp3) is 0.214. The van der Waals surface area contributed by atoms with Gasteiger partial charge in [0.05, 0.1) is 7.11 Å². The maximum Gasteiger partial charge on any atom is 0.373 e. The molecule has 0 radical (unpaired) electrons. The van der Waals surface area contributed by atoms with Gasteiger partial charge in [0.2, 0.25) is 5.76 Å². The predicted octanol–water partition coefficient (Wildman–Crippen LogP) is 3.35. The van der Waals surface area contributed by atoms with Gasteiger partial charge in [-0.15, -0.1) is 0 Å². The minimum atomic E-state index is -0.541. The highest BCUT2D eigenvalue weighted by atomic mass is 19.1. The topological polar surface area (TPSA) is 48.7 Å². The van der Waals surface area contributed by atoms with Gasteiger partial charge in [-0.3, -0.25) is 0 Å². The Hall–Kier alpha value is -2.30. The molecule has 5 heteroatoms. The van der Waals surface area contributed by atoms with Crippen LogP contribution in [-0.4, -0.2) is 13.1 Å². The second-order valence-electron chi connectivity index (χ2n) is 3.91. The van der Waals surface area contributed by atoms with Crippen molar-refractivity contribution in [1.82, 2.24) is 0 Å². The third kappa shape index (κ3) is 3.13. The zero-order chi connectivity index (χ0) is 13.8. The van der Waals surface area contributed by atoms with E-state index in [4.69, 9.17) is 9.15 Å². The van der Waals surface area contributed by atoms with E-state index in [9.17, 15) is 9.18 Å². The van der Waals surface area contributed by atoms with Gasteiger partial charge in [0.1, 0.15) is 17.3 Å². The van der Waals surface area contributed by atoms with E-state index < -0.39 is 12.1 Å². The number of rotatable bonds is 4. The van der Waals surface area contributed by atoms with Crippen molar-refractivity contribution in [3.8, 4) is 5.75 Å². The van der Waals surface area contributed by atoms with Crippen molar-refractivity contribution in [2.75, 3.05) is 7.11 Å². The number of furan rings is 1. The Morgan fingerprint density at radius 1 is 1.21 bits per heavy atom. The standard InChI is InChI=1S/C14H13FO4/c1-9(18-11-5-3-10(15)4-6-11)12-7-8-13(19-12)14(16)17-2/h3-9H,1-2H3. The summed E-state index contributed by atoms with van der Waals surface area (Å²) in [6.45, 7) is 1.77. The Labute approximate surface area is 109 Å². The van der Waals surface area contributed by atoms with Crippen LogP contribution in [-0.2, 0) is 4.74 Å². The Morgan fingerprint density at radius 3 is 2.53 bits per heavy atom. The third-order valence-electron chi connectivity index (χ3n) is 2.54. The summed E-state index contributed by atoms with van der Waals surface area (Å²) in [5, 5.41) is 0. The van der Waals surface area contributed by atoms with Crippen LogP contribution in [0.1, 0.15) is 29.3 Å². The van der Waals surface area contributed by atoms with Gasteiger partial charge in [-0.25, -0.2) is 9.18 Å². The molecule has 0 fully saturated rings. The number of methoxy groups -OCH3 is 1. The van der Waals surface area contributed by atoms with Crippen molar-refractivity contribution in [3.05, 3.63) is 53.7 Å². The maximum atomic E-state index is 12.8. The van der Waals surface area contributed by atoms with E-state index in [0.717, 1.165) is 0 Å². The first kappa shape index (κ1) is 13.1. The van der Waals surface area contributed by atoms with Gasteiger partial charge >= 0.3 is 5.97 Å². The fourth-order valence-electron chi connectivity index (χ4n) is 1.56. The number of hydrogen-bond acceptors (Lipinski definition) is 4. The molecule has 1 unspecified atom stereocenters. The molecule has 0 saturated carbocycles. The largest absolute Gasteiger partial charge is 0.483 e. The summed E-state index contributed by atoms with van der Waals surface area (Å²) in [7, 11) is 1.28. The molecule has 0 aliphatic heterocycles. The van der Waals surface area contributed by atoms with Crippen LogP contribution in [0.3, 0.4) is 0 Å². The van der Waals surface area contributed by atoms with Gasteiger partial charge < -0.3 is 13.9 Å². The molecule has 0 aliphatic carbocycles. The SMILES string of the molecule is COC(=O)c1ccc(C(C)Oc2ccc(F)cc2)o1. The zero-order valence-electron chi connectivity index (χ0n) is 10.6. The molecular weight excluding hydrogens is 251 g/mol. The number of ether oxygens (including phenoxy) is 2. The molecule has 1 aromatic carbocycles. The van der Waals surface area contributed by atoms with E-state index >= 15 is 0 Å². The van der Waals surface area contributed by atoms with Crippen molar-refractivity contribution in [3.63, 3.8) is 0 Å². The summed E-state index contributed by atoms with van der Waals surface area (Å²) in [5.41, 5.74) is 0. The summed E-state index contributed by atoms with van der Waals surface area (Å²) in [4.78, 5) is 11.2.